The van der Waals surface area contributed by atoms with Crippen molar-refractivity contribution in [2.75, 3.05) is 7.11 Å². The lowest BCUT2D eigenvalue weighted by Crippen LogP contribution is -1.99. The van der Waals surface area contributed by atoms with Gasteiger partial charge in [0.1, 0.15) is 17.4 Å². The van der Waals surface area contributed by atoms with Gasteiger partial charge in [-0.1, -0.05) is 12.1 Å². The second-order valence-corrected chi connectivity index (χ2v) is 4.04. The Morgan fingerprint density at radius 1 is 1.11 bits per heavy atom. The number of ether oxygens (including phenoxy) is 1. The number of para-hydroxylation sites is 2. The summed E-state index contributed by atoms with van der Waals surface area (Å²) in [6.45, 7) is 1.98. The zero-order valence-electron chi connectivity index (χ0n) is 10.3. The Bertz CT molecular complexity index is 686. The largest absolute Gasteiger partial charge is 0.495 e. The van der Waals surface area contributed by atoms with Crippen molar-refractivity contribution in [3.05, 3.63) is 48.4 Å². The number of hydrogen-bond donors (Lipinski definition) is 0. The highest BCUT2D eigenvalue weighted by atomic mass is 16.5. The quantitative estimate of drug-likeness (QED) is 0.690. The molecule has 2 aromatic heterocycles. The van der Waals surface area contributed by atoms with Crippen molar-refractivity contribution in [3.63, 3.8) is 0 Å². The molecule has 0 fully saturated rings. The second kappa shape index (κ2) is 4.14. The predicted octanol–water partition coefficient (Wildman–Crippen LogP) is 2.74. The minimum atomic E-state index is 0.751. The van der Waals surface area contributed by atoms with E-state index in [0.717, 1.165) is 28.4 Å². The summed E-state index contributed by atoms with van der Waals surface area (Å²) in [6, 6.07) is 11.9. The molecule has 4 nitrogen and oxygen atoms in total. The Hall–Kier alpha value is -2.36. The lowest BCUT2D eigenvalue weighted by molar-refractivity contribution is 0.413. The van der Waals surface area contributed by atoms with Crippen LogP contribution in [0, 0.1) is 6.92 Å². The summed E-state index contributed by atoms with van der Waals surface area (Å²) in [6.07, 6.45) is 1.71. The van der Waals surface area contributed by atoms with Crippen molar-refractivity contribution in [2.45, 2.75) is 6.92 Å². The molecular weight excluding hydrogens is 226 g/mol. The maximum absolute atomic E-state index is 5.12. The number of benzene rings is 1. The van der Waals surface area contributed by atoms with Gasteiger partial charge in [-0.15, -0.1) is 0 Å². The van der Waals surface area contributed by atoms with Gasteiger partial charge in [-0.3, -0.25) is 4.57 Å². The van der Waals surface area contributed by atoms with Gasteiger partial charge in [-0.25, -0.2) is 9.97 Å². The van der Waals surface area contributed by atoms with Gasteiger partial charge in [0.2, 0.25) is 0 Å². The highest BCUT2D eigenvalue weighted by Gasteiger charge is 2.09. The minimum Gasteiger partial charge on any atom is -0.495 e. The molecule has 0 bridgehead atoms. The topological polar surface area (TPSA) is 39.9 Å². The Kier molecular flexibility index (Phi) is 2.48. The van der Waals surface area contributed by atoms with E-state index in [9.17, 15) is 0 Å². The molecule has 0 saturated heterocycles. The smallest absolute Gasteiger partial charge is 0.138 e. The molecule has 2 heterocycles. The van der Waals surface area contributed by atoms with E-state index in [-0.39, 0.29) is 0 Å². The van der Waals surface area contributed by atoms with Gasteiger partial charge in [0.05, 0.1) is 24.3 Å². The fourth-order valence-corrected chi connectivity index (χ4v) is 2.06. The van der Waals surface area contributed by atoms with Crippen LogP contribution in [-0.4, -0.2) is 21.6 Å². The molecule has 3 aromatic rings. The van der Waals surface area contributed by atoms with Crippen LogP contribution in [0.1, 0.15) is 5.82 Å². The number of hydrogen-bond acceptors (Lipinski definition) is 3. The number of methoxy groups -OCH3 is 1. The number of fused-ring (bicyclic) bond motifs is 1. The van der Waals surface area contributed by atoms with Gasteiger partial charge < -0.3 is 4.74 Å². The molecule has 0 saturated carbocycles. The fraction of sp³-hybridized carbons (Fsp3) is 0.143. The van der Waals surface area contributed by atoms with Crippen LogP contribution in [0.25, 0.3) is 16.9 Å². The van der Waals surface area contributed by atoms with E-state index < -0.39 is 0 Å². The third-order valence-corrected chi connectivity index (χ3v) is 2.91. The number of aromatic nitrogens is 3. The van der Waals surface area contributed by atoms with Crippen molar-refractivity contribution in [2.24, 2.45) is 0 Å². The molecule has 0 aliphatic carbocycles. The maximum atomic E-state index is 5.12. The maximum Gasteiger partial charge on any atom is 0.138 e. The van der Waals surface area contributed by atoms with Crippen molar-refractivity contribution < 1.29 is 4.74 Å². The highest BCUT2D eigenvalue weighted by molar-refractivity contribution is 5.77. The fourth-order valence-electron chi connectivity index (χ4n) is 2.06. The zero-order chi connectivity index (χ0) is 12.5. The van der Waals surface area contributed by atoms with Crippen molar-refractivity contribution in [3.8, 4) is 11.6 Å². The Morgan fingerprint density at radius 2 is 1.94 bits per heavy atom. The van der Waals surface area contributed by atoms with Gasteiger partial charge in [0.15, 0.2) is 0 Å². The van der Waals surface area contributed by atoms with E-state index in [1.807, 2.05) is 47.9 Å². The number of aryl methyl sites for hydroxylation is 1. The minimum absolute atomic E-state index is 0.751. The first kappa shape index (κ1) is 10.8. The Labute approximate surface area is 105 Å². The third kappa shape index (κ3) is 1.62. The van der Waals surface area contributed by atoms with Crippen LogP contribution >= 0.6 is 0 Å². The average Bonchev–Trinajstić information content (AvgIpc) is 2.75. The molecule has 90 valence electrons. The van der Waals surface area contributed by atoms with Crippen molar-refractivity contribution in [1.29, 1.82) is 0 Å². The standard InChI is InChI=1S/C14H13N3O/c1-10-16-12-5-3-4-6-13(12)17(10)14-8-7-11(18-2)9-15-14/h3-9H,1-2H3. The van der Waals surface area contributed by atoms with Crippen LogP contribution in [0.5, 0.6) is 5.75 Å². The normalized spacial score (nSPS) is 10.8. The third-order valence-electron chi connectivity index (χ3n) is 2.91. The van der Waals surface area contributed by atoms with Gasteiger partial charge >= 0.3 is 0 Å². The summed E-state index contributed by atoms with van der Waals surface area (Å²) >= 11 is 0. The average molecular weight is 239 g/mol. The first-order valence-electron chi connectivity index (χ1n) is 5.74. The summed E-state index contributed by atoms with van der Waals surface area (Å²) in [5.41, 5.74) is 2.04. The van der Waals surface area contributed by atoms with Crippen LogP contribution in [0.4, 0.5) is 0 Å². The summed E-state index contributed by atoms with van der Waals surface area (Å²) in [4.78, 5) is 8.92. The van der Waals surface area contributed by atoms with Crippen LogP contribution < -0.4 is 4.74 Å². The van der Waals surface area contributed by atoms with Crippen LogP contribution in [0.15, 0.2) is 42.6 Å². The molecule has 0 unspecified atom stereocenters. The Balaban J connectivity index is 2.20. The van der Waals surface area contributed by atoms with Crippen molar-refractivity contribution >= 4 is 11.0 Å². The molecular formula is C14H13N3O. The molecule has 0 radical (unpaired) electrons. The lowest BCUT2D eigenvalue weighted by atomic mass is 10.3. The van der Waals surface area contributed by atoms with E-state index >= 15 is 0 Å². The highest BCUT2D eigenvalue weighted by Crippen LogP contribution is 2.20. The summed E-state index contributed by atoms with van der Waals surface area (Å²) < 4.78 is 7.15. The van der Waals surface area contributed by atoms with Gasteiger partial charge in [-0.2, -0.15) is 0 Å². The van der Waals surface area contributed by atoms with E-state index in [4.69, 9.17) is 4.74 Å². The molecule has 1 aromatic carbocycles. The van der Waals surface area contributed by atoms with Gasteiger partial charge in [0, 0.05) is 0 Å². The van der Waals surface area contributed by atoms with Gasteiger partial charge in [-0.05, 0) is 31.2 Å². The summed E-state index contributed by atoms with van der Waals surface area (Å²) in [5, 5.41) is 0. The molecule has 0 spiro atoms. The zero-order valence-corrected chi connectivity index (χ0v) is 10.3. The van der Waals surface area contributed by atoms with Gasteiger partial charge in [0.25, 0.3) is 0 Å². The summed E-state index contributed by atoms with van der Waals surface area (Å²) in [7, 11) is 1.63. The van der Waals surface area contributed by atoms with Crippen LogP contribution in [0.3, 0.4) is 0 Å². The number of nitrogens with zero attached hydrogens (tertiary/aromatic N) is 3. The molecule has 0 amide bonds. The van der Waals surface area contributed by atoms with Crippen molar-refractivity contribution in [1.82, 2.24) is 14.5 Å². The predicted molar refractivity (Wildman–Crippen MR) is 70.2 cm³/mol. The van der Waals surface area contributed by atoms with E-state index in [0.29, 0.717) is 0 Å². The first-order valence-corrected chi connectivity index (χ1v) is 5.74. The molecule has 3 rings (SSSR count). The summed E-state index contributed by atoms with van der Waals surface area (Å²) in [5.74, 6) is 2.52. The monoisotopic (exact) mass is 239 g/mol. The molecule has 0 aliphatic heterocycles. The van der Waals surface area contributed by atoms with E-state index in [1.165, 1.54) is 0 Å². The Morgan fingerprint density at radius 3 is 2.67 bits per heavy atom. The van der Waals surface area contributed by atoms with Crippen LogP contribution in [0.2, 0.25) is 0 Å². The molecule has 0 aliphatic rings. The number of rotatable bonds is 2. The molecule has 0 atom stereocenters. The molecule has 18 heavy (non-hydrogen) atoms. The lowest BCUT2D eigenvalue weighted by Gasteiger charge is -2.06. The first-order chi connectivity index (χ1) is 8.79. The molecule has 0 N–H and O–H groups in total. The number of pyridine rings is 1. The molecule has 4 heteroatoms. The van der Waals surface area contributed by atoms with E-state index in [2.05, 4.69) is 9.97 Å². The second-order valence-electron chi connectivity index (χ2n) is 4.04. The SMILES string of the molecule is COc1ccc(-n2c(C)nc3ccccc32)nc1. The number of imidazole rings is 1. The van der Waals surface area contributed by atoms with Crippen LogP contribution in [-0.2, 0) is 0 Å². The van der Waals surface area contributed by atoms with E-state index in [1.54, 1.807) is 13.3 Å².